The van der Waals surface area contributed by atoms with E-state index in [1.807, 2.05) is 0 Å². The highest BCUT2D eigenvalue weighted by atomic mass is 31.2. The SMILES string of the molecule is Cc1ncc(COP(=O)(O)O)c(CNC(C)(CC(=O)O)C(=O)O)c1O. The third-order valence-electron chi connectivity index (χ3n) is 3.45. The average molecular weight is 378 g/mol. The van der Waals surface area contributed by atoms with E-state index >= 15 is 0 Å². The van der Waals surface area contributed by atoms with Gasteiger partial charge in [0, 0.05) is 23.9 Å². The van der Waals surface area contributed by atoms with Crippen LogP contribution in [0.3, 0.4) is 0 Å². The smallest absolute Gasteiger partial charge is 0.469 e. The zero-order valence-corrected chi connectivity index (χ0v) is 14.4. The van der Waals surface area contributed by atoms with E-state index in [1.54, 1.807) is 0 Å². The van der Waals surface area contributed by atoms with Gasteiger partial charge in [0.2, 0.25) is 0 Å². The number of hydrogen-bond donors (Lipinski definition) is 6. The molecule has 0 radical (unpaired) electrons. The Labute approximate surface area is 142 Å². The van der Waals surface area contributed by atoms with Crippen molar-refractivity contribution in [3.05, 3.63) is 23.0 Å². The molecular weight excluding hydrogens is 359 g/mol. The van der Waals surface area contributed by atoms with E-state index in [2.05, 4.69) is 14.8 Å². The van der Waals surface area contributed by atoms with Crippen molar-refractivity contribution >= 4 is 19.8 Å². The molecule has 12 heteroatoms. The number of rotatable bonds is 9. The van der Waals surface area contributed by atoms with Crippen LogP contribution in [0.2, 0.25) is 0 Å². The van der Waals surface area contributed by atoms with Gasteiger partial charge in [-0.05, 0) is 13.8 Å². The molecule has 0 aliphatic carbocycles. The van der Waals surface area contributed by atoms with E-state index < -0.39 is 38.3 Å². The number of pyridine rings is 1. The number of nitrogens with one attached hydrogen (secondary N) is 1. The maximum absolute atomic E-state index is 11.3. The largest absolute Gasteiger partial charge is 0.506 e. The van der Waals surface area contributed by atoms with Gasteiger partial charge in [-0.2, -0.15) is 0 Å². The van der Waals surface area contributed by atoms with Crippen LogP contribution in [0.15, 0.2) is 6.20 Å². The van der Waals surface area contributed by atoms with E-state index in [1.165, 1.54) is 20.0 Å². The summed E-state index contributed by atoms with van der Waals surface area (Å²) in [7, 11) is -4.77. The van der Waals surface area contributed by atoms with Crippen LogP contribution in [0.4, 0.5) is 0 Å². The molecule has 0 fully saturated rings. The second-order valence-corrected chi connectivity index (χ2v) is 6.76. The second kappa shape index (κ2) is 7.89. The number of carboxylic acids is 2. The van der Waals surface area contributed by atoms with Crippen LogP contribution in [0.1, 0.15) is 30.2 Å². The van der Waals surface area contributed by atoms with Crippen LogP contribution < -0.4 is 5.32 Å². The fraction of sp³-hybridized carbons (Fsp3) is 0.462. The monoisotopic (exact) mass is 378 g/mol. The first-order valence-corrected chi connectivity index (χ1v) is 8.45. The van der Waals surface area contributed by atoms with E-state index in [4.69, 9.17) is 14.9 Å². The zero-order chi connectivity index (χ0) is 19.4. The number of aromatic hydroxyl groups is 1. The lowest BCUT2D eigenvalue weighted by molar-refractivity contribution is -0.150. The van der Waals surface area contributed by atoms with Crippen molar-refractivity contribution in [1.82, 2.24) is 10.3 Å². The van der Waals surface area contributed by atoms with Crippen LogP contribution in [-0.4, -0.2) is 47.6 Å². The molecule has 1 aromatic rings. The van der Waals surface area contributed by atoms with Gasteiger partial charge in [-0.25, -0.2) is 4.57 Å². The molecule has 0 aromatic carbocycles. The first-order chi connectivity index (χ1) is 11.4. The number of phosphoric acid groups is 1. The molecular formula is C13H19N2O9P. The molecule has 1 atom stereocenters. The van der Waals surface area contributed by atoms with Gasteiger partial charge in [0.05, 0.1) is 18.7 Å². The van der Waals surface area contributed by atoms with Gasteiger partial charge in [0.1, 0.15) is 11.3 Å². The maximum atomic E-state index is 11.3. The number of nitrogens with zero attached hydrogens (tertiary/aromatic N) is 1. The Balaban J connectivity index is 3.10. The summed E-state index contributed by atoms with van der Waals surface area (Å²) in [5.41, 5.74) is -1.41. The fourth-order valence-corrected chi connectivity index (χ4v) is 2.27. The molecule has 1 aromatic heterocycles. The van der Waals surface area contributed by atoms with E-state index in [-0.39, 0.29) is 29.1 Å². The van der Waals surface area contributed by atoms with Gasteiger partial charge >= 0.3 is 19.8 Å². The zero-order valence-electron chi connectivity index (χ0n) is 13.5. The molecule has 11 nitrogen and oxygen atoms in total. The molecule has 140 valence electrons. The molecule has 0 spiro atoms. The van der Waals surface area contributed by atoms with Crippen molar-refractivity contribution in [2.45, 2.75) is 39.0 Å². The van der Waals surface area contributed by atoms with Crippen molar-refractivity contribution < 1.29 is 43.8 Å². The quantitative estimate of drug-likeness (QED) is 0.320. The Bertz CT molecular complexity index is 718. The van der Waals surface area contributed by atoms with Crippen LogP contribution in [0, 0.1) is 6.92 Å². The highest BCUT2D eigenvalue weighted by Crippen LogP contribution is 2.38. The summed E-state index contributed by atoms with van der Waals surface area (Å²) in [6, 6.07) is 0. The van der Waals surface area contributed by atoms with Crippen LogP contribution in [0.25, 0.3) is 0 Å². The molecule has 6 N–H and O–H groups in total. The molecule has 0 saturated heterocycles. The Morgan fingerprint density at radius 1 is 1.36 bits per heavy atom. The first-order valence-electron chi connectivity index (χ1n) is 6.92. The number of aliphatic carboxylic acids is 2. The third kappa shape index (κ3) is 6.07. The summed E-state index contributed by atoms with van der Waals surface area (Å²) in [5.74, 6) is -3.06. The Kier molecular flexibility index (Phi) is 6.63. The minimum Gasteiger partial charge on any atom is -0.506 e. The number of carbonyl (C=O) groups is 2. The number of aromatic nitrogens is 1. The Morgan fingerprint density at radius 2 is 1.96 bits per heavy atom. The standard InChI is InChI=1S/C13H19N2O9P/c1-7-11(18)9(8(4-14-7)6-24-25(21,22)23)5-15-13(2,12(19)20)3-10(16)17/h4,15,18H,3,5-6H2,1-2H3,(H,16,17)(H,19,20)(H2,21,22,23). The van der Waals surface area contributed by atoms with Crippen molar-refractivity contribution in [3.63, 3.8) is 0 Å². The first kappa shape index (κ1) is 21.0. The highest BCUT2D eigenvalue weighted by molar-refractivity contribution is 7.46. The predicted molar refractivity (Wildman–Crippen MR) is 82.6 cm³/mol. The topological polar surface area (TPSA) is 187 Å². The van der Waals surface area contributed by atoms with Gasteiger partial charge in [0.15, 0.2) is 0 Å². The van der Waals surface area contributed by atoms with Crippen molar-refractivity contribution in [1.29, 1.82) is 0 Å². The summed E-state index contributed by atoms with van der Waals surface area (Å²) in [5, 5.41) is 30.7. The van der Waals surface area contributed by atoms with Crippen molar-refractivity contribution in [3.8, 4) is 5.75 Å². The normalized spacial score (nSPS) is 14.1. The Morgan fingerprint density at radius 3 is 2.44 bits per heavy atom. The predicted octanol–water partition coefficient (Wildman–Crippen LogP) is 0.113. The lowest BCUT2D eigenvalue weighted by Crippen LogP contribution is -2.50. The third-order valence-corrected chi connectivity index (χ3v) is 3.92. The van der Waals surface area contributed by atoms with Crippen LogP contribution >= 0.6 is 7.82 Å². The minimum atomic E-state index is -4.77. The van der Waals surface area contributed by atoms with Crippen LogP contribution in [-0.2, 0) is 31.8 Å². The molecule has 1 heterocycles. The van der Waals surface area contributed by atoms with Gasteiger partial charge < -0.3 is 25.1 Å². The lowest BCUT2D eigenvalue weighted by atomic mass is 9.97. The molecule has 25 heavy (non-hydrogen) atoms. The molecule has 1 unspecified atom stereocenters. The summed E-state index contributed by atoms with van der Waals surface area (Å²) in [6.45, 7) is 1.77. The summed E-state index contributed by atoms with van der Waals surface area (Å²) < 4.78 is 15.2. The second-order valence-electron chi connectivity index (χ2n) is 5.52. The lowest BCUT2D eigenvalue weighted by Gasteiger charge is -2.25. The average Bonchev–Trinajstić information content (AvgIpc) is 2.45. The molecule has 0 bridgehead atoms. The fourth-order valence-electron chi connectivity index (χ4n) is 1.96. The number of phosphoric ester groups is 1. The molecule has 1 rings (SSSR count). The molecule has 0 amide bonds. The van der Waals surface area contributed by atoms with Gasteiger partial charge in [-0.15, -0.1) is 0 Å². The molecule has 0 saturated carbocycles. The maximum Gasteiger partial charge on any atom is 0.469 e. The molecule has 0 aliphatic heterocycles. The van der Waals surface area contributed by atoms with E-state index in [0.29, 0.717) is 0 Å². The van der Waals surface area contributed by atoms with Gasteiger partial charge in [-0.3, -0.25) is 24.4 Å². The summed E-state index contributed by atoms with van der Waals surface area (Å²) >= 11 is 0. The van der Waals surface area contributed by atoms with Crippen molar-refractivity contribution in [2.75, 3.05) is 0 Å². The number of hydrogen-bond acceptors (Lipinski definition) is 7. The number of carboxylic acid groups (broad SMARTS) is 2. The van der Waals surface area contributed by atoms with Crippen molar-refractivity contribution in [2.24, 2.45) is 0 Å². The minimum absolute atomic E-state index is 0.0961. The molecule has 0 aliphatic rings. The van der Waals surface area contributed by atoms with E-state index in [0.717, 1.165) is 0 Å². The summed E-state index contributed by atoms with van der Waals surface area (Å²) in [6.07, 6.45) is 0.499. The van der Waals surface area contributed by atoms with Crippen LogP contribution in [0.5, 0.6) is 5.75 Å². The highest BCUT2D eigenvalue weighted by Gasteiger charge is 2.35. The van der Waals surface area contributed by atoms with E-state index in [9.17, 15) is 24.4 Å². The number of aryl methyl sites for hydroxylation is 1. The summed E-state index contributed by atoms with van der Waals surface area (Å²) in [4.78, 5) is 43.6. The van der Waals surface area contributed by atoms with Gasteiger partial charge in [-0.1, -0.05) is 0 Å². The van der Waals surface area contributed by atoms with Gasteiger partial charge in [0.25, 0.3) is 0 Å². The Hall–Kier alpha value is -2.04.